The van der Waals surface area contributed by atoms with Gasteiger partial charge in [0.15, 0.2) is 0 Å². The van der Waals surface area contributed by atoms with Crippen LogP contribution in [0.2, 0.25) is 0 Å². The number of carbonyl (C=O) groups is 3. The molecule has 1 aromatic rings. The van der Waals surface area contributed by atoms with Gasteiger partial charge in [-0.2, -0.15) is 0 Å². The molecule has 1 saturated heterocycles. The number of aromatic nitrogens is 1. The van der Waals surface area contributed by atoms with Crippen molar-refractivity contribution >= 4 is 17.8 Å². The Hall–Kier alpha value is -2.31. The van der Waals surface area contributed by atoms with Crippen LogP contribution in [0.15, 0.2) is 18.5 Å². The van der Waals surface area contributed by atoms with Crippen molar-refractivity contribution < 1.29 is 14.4 Å². The second-order valence-electron chi connectivity index (χ2n) is 4.78. The minimum Gasteiger partial charge on any atom is -0.367 e. The third-order valence-electron chi connectivity index (χ3n) is 3.17. The molecular formula is C13H18N4O3. The smallest absolute Gasteiger partial charge is 0.326 e. The van der Waals surface area contributed by atoms with Crippen LogP contribution in [0.1, 0.15) is 18.4 Å². The largest absolute Gasteiger partial charge is 0.367 e. The number of imide groups is 1. The number of H-pyrrole nitrogens is 1. The van der Waals surface area contributed by atoms with E-state index in [2.05, 4.69) is 10.3 Å². The number of hydrogen-bond donors (Lipinski definition) is 2. The van der Waals surface area contributed by atoms with Gasteiger partial charge in [0, 0.05) is 39.0 Å². The SMILES string of the molecule is CN1CC(=O)N(CCCC(=O)NCc2cc[nH]c2)C1=O. The minimum atomic E-state index is -0.289. The summed E-state index contributed by atoms with van der Waals surface area (Å²) in [5, 5.41) is 2.78. The van der Waals surface area contributed by atoms with Crippen LogP contribution >= 0.6 is 0 Å². The molecule has 1 fully saturated rings. The molecule has 1 aromatic heterocycles. The molecule has 108 valence electrons. The van der Waals surface area contributed by atoms with E-state index in [0.29, 0.717) is 25.9 Å². The molecule has 20 heavy (non-hydrogen) atoms. The molecule has 7 nitrogen and oxygen atoms in total. The fraction of sp³-hybridized carbons (Fsp3) is 0.462. The number of carbonyl (C=O) groups excluding carboxylic acids is 3. The second-order valence-corrected chi connectivity index (χ2v) is 4.78. The van der Waals surface area contributed by atoms with E-state index in [1.807, 2.05) is 12.3 Å². The fourth-order valence-electron chi connectivity index (χ4n) is 2.04. The zero-order chi connectivity index (χ0) is 14.5. The van der Waals surface area contributed by atoms with E-state index in [0.717, 1.165) is 5.56 Å². The number of rotatable bonds is 6. The number of nitrogens with one attached hydrogen (secondary N) is 2. The number of aromatic amines is 1. The molecule has 0 bridgehead atoms. The van der Waals surface area contributed by atoms with Gasteiger partial charge in [-0.05, 0) is 18.1 Å². The first-order valence-electron chi connectivity index (χ1n) is 6.52. The molecule has 2 rings (SSSR count). The zero-order valence-corrected chi connectivity index (χ0v) is 11.4. The quantitative estimate of drug-likeness (QED) is 0.734. The Morgan fingerprint density at radius 1 is 1.45 bits per heavy atom. The first-order chi connectivity index (χ1) is 9.58. The van der Waals surface area contributed by atoms with Crippen molar-refractivity contribution in [2.24, 2.45) is 0 Å². The third-order valence-corrected chi connectivity index (χ3v) is 3.17. The molecule has 0 radical (unpaired) electrons. The van der Waals surface area contributed by atoms with Crippen LogP contribution in [-0.2, 0) is 16.1 Å². The van der Waals surface area contributed by atoms with E-state index in [9.17, 15) is 14.4 Å². The Morgan fingerprint density at radius 2 is 2.25 bits per heavy atom. The lowest BCUT2D eigenvalue weighted by Crippen LogP contribution is -2.33. The van der Waals surface area contributed by atoms with Crippen LogP contribution in [-0.4, -0.2) is 52.8 Å². The molecule has 0 unspecified atom stereocenters. The first kappa shape index (κ1) is 14.1. The van der Waals surface area contributed by atoms with E-state index < -0.39 is 0 Å². The summed E-state index contributed by atoms with van der Waals surface area (Å²) in [7, 11) is 1.59. The number of nitrogens with zero attached hydrogens (tertiary/aromatic N) is 2. The minimum absolute atomic E-state index is 0.0846. The predicted molar refractivity (Wildman–Crippen MR) is 71.6 cm³/mol. The first-order valence-corrected chi connectivity index (χ1v) is 6.52. The van der Waals surface area contributed by atoms with E-state index in [1.165, 1.54) is 9.80 Å². The van der Waals surface area contributed by atoms with Gasteiger partial charge in [-0.25, -0.2) is 4.79 Å². The highest BCUT2D eigenvalue weighted by Crippen LogP contribution is 2.09. The number of urea groups is 1. The monoisotopic (exact) mass is 278 g/mol. The lowest BCUT2D eigenvalue weighted by atomic mass is 10.2. The Morgan fingerprint density at radius 3 is 2.85 bits per heavy atom. The zero-order valence-electron chi connectivity index (χ0n) is 11.4. The average Bonchev–Trinajstić information content (AvgIpc) is 3.00. The molecule has 0 saturated carbocycles. The molecule has 0 atom stereocenters. The van der Waals surface area contributed by atoms with Gasteiger partial charge in [-0.15, -0.1) is 0 Å². The van der Waals surface area contributed by atoms with E-state index >= 15 is 0 Å². The number of likely N-dealkylation sites (N-methyl/N-ethyl adjacent to an activating group) is 1. The van der Waals surface area contributed by atoms with E-state index in [-0.39, 0.29) is 24.4 Å². The van der Waals surface area contributed by atoms with Crippen molar-refractivity contribution in [3.63, 3.8) is 0 Å². The summed E-state index contributed by atoms with van der Waals surface area (Å²) < 4.78 is 0. The molecule has 2 N–H and O–H groups in total. The summed E-state index contributed by atoms with van der Waals surface area (Å²) in [6.07, 6.45) is 4.38. The molecule has 1 aliphatic heterocycles. The van der Waals surface area contributed by atoms with Crippen molar-refractivity contribution in [1.82, 2.24) is 20.1 Å². The van der Waals surface area contributed by atoms with Crippen molar-refractivity contribution in [1.29, 1.82) is 0 Å². The lowest BCUT2D eigenvalue weighted by Gasteiger charge is -2.13. The molecule has 0 aliphatic carbocycles. The maximum absolute atomic E-state index is 11.6. The highest BCUT2D eigenvalue weighted by molar-refractivity contribution is 6.01. The molecule has 4 amide bonds. The van der Waals surface area contributed by atoms with Gasteiger partial charge in [0.1, 0.15) is 6.54 Å². The Bertz CT molecular complexity index is 498. The summed E-state index contributed by atoms with van der Waals surface area (Å²) in [5.41, 5.74) is 1.00. The predicted octanol–water partition coefficient (Wildman–Crippen LogP) is 0.305. The van der Waals surface area contributed by atoms with Crippen LogP contribution in [0.3, 0.4) is 0 Å². The van der Waals surface area contributed by atoms with Gasteiger partial charge in [0.2, 0.25) is 11.8 Å². The van der Waals surface area contributed by atoms with Crippen molar-refractivity contribution in [3.05, 3.63) is 24.0 Å². The van der Waals surface area contributed by atoms with Gasteiger partial charge in [-0.1, -0.05) is 0 Å². The van der Waals surface area contributed by atoms with Crippen LogP contribution in [0.5, 0.6) is 0 Å². The standard InChI is InChI=1S/C13H18N4O3/c1-16-9-12(19)17(13(16)20)6-2-3-11(18)15-8-10-4-5-14-7-10/h4-5,7,14H,2-3,6,8-9H2,1H3,(H,15,18). The highest BCUT2D eigenvalue weighted by Gasteiger charge is 2.32. The van der Waals surface area contributed by atoms with Crippen molar-refractivity contribution in [2.75, 3.05) is 20.1 Å². The van der Waals surface area contributed by atoms with Crippen molar-refractivity contribution in [2.45, 2.75) is 19.4 Å². The van der Waals surface area contributed by atoms with Gasteiger partial charge in [0.25, 0.3) is 0 Å². The Kier molecular flexibility index (Phi) is 4.39. The van der Waals surface area contributed by atoms with E-state index in [4.69, 9.17) is 0 Å². The summed E-state index contributed by atoms with van der Waals surface area (Å²) in [6, 6.07) is 1.60. The fourth-order valence-corrected chi connectivity index (χ4v) is 2.04. The van der Waals surface area contributed by atoms with Crippen LogP contribution in [0.25, 0.3) is 0 Å². The molecule has 2 heterocycles. The maximum Gasteiger partial charge on any atom is 0.326 e. The van der Waals surface area contributed by atoms with Crippen molar-refractivity contribution in [3.8, 4) is 0 Å². The molecular weight excluding hydrogens is 260 g/mol. The third kappa shape index (κ3) is 3.37. The van der Waals surface area contributed by atoms with Gasteiger partial charge in [-0.3, -0.25) is 14.5 Å². The normalized spacial score (nSPS) is 15.1. The molecule has 7 heteroatoms. The maximum atomic E-state index is 11.6. The van der Waals surface area contributed by atoms with E-state index in [1.54, 1.807) is 13.2 Å². The number of hydrogen-bond acceptors (Lipinski definition) is 3. The van der Waals surface area contributed by atoms with Crippen LogP contribution in [0, 0.1) is 0 Å². The van der Waals surface area contributed by atoms with Gasteiger partial charge < -0.3 is 15.2 Å². The Labute approximate surface area is 116 Å². The van der Waals surface area contributed by atoms with Crippen LogP contribution in [0.4, 0.5) is 4.79 Å². The molecule has 0 spiro atoms. The molecule has 1 aliphatic rings. The Balaban J connectivity index is 1.66. The summed E-state index contributed by atoms with van der Waals surface area (Å²) in [6.45, 7) is 0.894. The van der Waals surface area contributed by atoms with Gasteiger partial charge >= 0.3 is 6.03 Å². The van der Waals surface area contributed by atoms with Gasteiger partial charge in [0.05, 0.1) is 0 Å². The summed E-state index contributed by atoms with van der Waals surface area (Å²) in [4.78, 5) is 40.2. The van der Waals surface area contributed by atoms with Crippen LogP contribution < -0.4 is 5.32 Å². The average molecular weight is 278 g/mol. The topological polar surface area (TPSA) is 85.5 Å². The molecule has 0 aromatic carbocycles. The lowest BCUT2D eigenvalue weighted by molar-refractivity contribution is -0.126. The summed E-state index contributed by atoms with van der Waals surface area (Å²) >= 11 is 0. The highest BCUT2D eigenvalue weighted by atomic mass is 16.2. The number of amides is 4. The second kappa shape index (κ2) is 6.23. The summed E-state index contributed by atoms with van der Waals surface area (Å²) in [5.74, 6) is -0.288.